The van der Waals surface area contributed by atoms with Gasteiger partial charge in [0.15, 0.2) is 0 Å². The third kappa shape index (κ3) is 2.13. The topological polar surface area (TPSA) is 54.4 Å². The molecule has 0 aliphatic heterocycles. The van der Waals surface area contributed by atoms with Crippen molar-refractivity contribution in [1.29, 1.82) is 0 Å². The lowest BCUT2D eigenvalue weighted by atomic mass is 10.3. The van der Waals surface area contributed by atoms with Gasteiger partial charge < -0.3 is 5.11 Å². The maximum absolute atomic E-state index is 12.3. The summed E-state index contributed by atoms with van der Waals surface area (Å²) in [6, 6.07) is 8.32. The molecule has 0 saturated carbocycles. The van der Waals surface area contributed by atoms with E-state index in [-0.39, 0.29) is 16.4 Å². The van der Waals surface area contributed by atoms with E-state index in [4.69, 9.17) is 5.11 Å². The Kier molecular flexibility index (Phi) is 3.33. The molecule has 2 rings (SSSR count). The summed E-state index contributed by atoms with van der Waals surface area (Å²) in [5.41, 5.74) is 0.640. The Bertz CT molecular complexity index is 612. The highest BCUT2D eigenvalue weighted by Crippen LogP contribution is 2.30. The van der Waals surface area contributed by atoms with Gasteiger partial charge in [-0.2, -0.15) is 0 Å². The summed E-state index contributed by atoms with van der Waals surface area (Å²) in [5.74, 6) is 0. The van der Waals surface area contributed by atoms with Gasteiger partial charge >= 0.3 is 0 Å². The molecule has 0 spiro atoms. The molecular weight excluding hydrogens is 256 g/mol. The van der Waals surface area contributed by atoms with Gasteiger partial charge in [0.05, 0.1) is 16.4 Å². The van der Waals surface area contributed by atoms with Crippen LogP contribution in [0.15, 0.2) is 45.5 Å². The van der Waals surface area contributed by atoms with Crippen molar-refractivity contribution in [2.75, 3.05) is 0 Å². The first-order valence-corrected chi connectivity index (χ1v) is 7.41. The van der Waals surface area contributed by atoms with Crippen LogP contribution in [0.4, 0.5) is 0 Å². The first-order chi connectivity index (χ1) is 8.07. The number of hydrogen-bond acceptors (Lipinski definition) is 4. The fraction of sp³-hybridized carbons (Fsp3) is 0.167. The van der Waals surface area contributed by atoms with Crippen LogP contribution in [0.1, 0.15) is 10.4 Å². The number of aliphatic hydroxyl groups is 1. The molecular formula is C12H12O3S2. The van der Waals surface area contributed by atoms with Crippen molar-refractivity contribution in [3.8, 4) is 0 Å². The van der Waals surface area contributed by atoms with E-state index in [0.717, 1.165) is 0 Å². The van der Waals surface area contributed by atoms with Gasteiger partial charge in [0.25, 0.3) is 0 Å². The van der Waals surface area contributed by atoms with E-state index in [1.165, 1.54) is 11.3 Å². The van der Waals surface area contributed by atoms with Crippen molar-refractivity contribution in [2.24, 2.45) is 0 Å². The van der Waals surface area contributed by atoms with Gasteiger partial charge in [-0.15, -0.1) is 11.3 Å². The average Bonchev–Trinajstić information content (AvgIpc) is 2.72. The molecule has 0 aliphatic carbocycles. The Morgan fingerprint density at radius 1 is 1.24 bits per heavy atom. The maximum Gasteiger partial charge on any atom is 0.207 e. The largest absolute Gasteiger partial charge is 0.391 e. The maximum atomic E-state index is 12.3. The molecule has 0 bridgehead atoms. The number of benzene rings is 1. The van der Waals surface area contributed by atoms with Crippen LogP contribution in [0.25, 0.3) is 0 Å². The highest BCUT2D eigenvalue weighted by Gasteiger charge is 2.22. The van der Waals surface area contributed by atoms with Gasteiger partial charge in [-0.3, -0.25) is 0 Å². The van der Waals surface area contributed by atoms with Crippen molar-refractivity contribution < 1.29 is 13.5 Å². The SMILES string of the molecule is Cc1c(S(=O)(=O)c2ccccc2)csc1CO. The van der Waals surface area contributed by atoms with Crippen molar-refractivity contribution in [2.45, 2.75) is 23.3 Å². The smallest absolute Gasteiger partial charge is 0.207 e. The van der Waals surface area contributed by atoms with E-state index in [1.807, 2.05) is 0 Å². The van der Waals surface area contributed by atoms with Crippen LogP contribution in [0.2, 0.25) is 0 Å². The second-order valence-electron chi connectivity index (χ2n) is 3.62. The van der Waals surface area contributed by atoms with E-state index >= 15 is 0 Å². The molecule has 2 aromatic rings. The third-order valence-electron chi connectivity index (χ3n) is 2.58. The van der Waals surface area contributed by atoms with Crippen LogP contribution < -0.4 is 0 Å². The molecule has 3 nitrogen and oxygen atoms in total. The first kappa shape index (κ1) is 12.3. The van der Waals surface area contributed by atoms with Gasteiger partial charge in [-0.1, -0.05) is 18.2 Å². The second kappa shape index (κ2) is 4.60. The summed E-state index contributed by atoms with van der Waals surface area (Å²) in [5, 5.41) is 10.7. The summed E-state index contributed by atoms with van der Waals surface area (Å²) >= 11 is 1.27. The van der Waals surface area contributed by atoms with Gasteiger partial charge in [0.2, 0.25) is 9.84 Å². The molecule has 90 valence electrons. The molecule has 0 amide bonds. The number of aliphatic hydroxyl groups excluding tert-OH is 1. The normalized spacial score (nSPS) is 11.6. The Morgan fingerprint density at radius 2 is 1.88 bits per heavy atom. The Balaban J connectivity index is 2.57. The summed E-state index contributed by atoms with van der Waals surface area (Å²) < 4.78 is 24.6. The van der Waals surface area contributed by atoms with Crippen LogP contribution in [-0.4, -0.2) is 13.5 Å². The molecule has 1 aromatic carbocycles. The number of rotatable bonds is 3. The molecule has 0 atom stereocenters. The van der Waals surface area contributed by atoms with Crippen molar-refractivity contribution in [3.05, 3.63) is 46.2 Å². The van der Waals surface area contributed by atoms with Gasteiger partial charge in [-0.05, 0) is 24.6 Å². The van der Waals surface area contributed by atoms with Crippen LogP contribution in [0.3, 0.4) is 0 Å². The van der Waals surface area contributed by atoms with E-state index in [1.54, 1.807) is 42.6 Å². The summed E-state index contributed by atoms with van der Waals surface area (Å²) in [6.45, 7) is 1.60. The highest BCUT2D eigenvalue weighted by molar-refractivity contribution is 7.91. The van der Waals surface area contributed by atoms with E-state index in [0.29, 0.717) is 10.4 Å². The predicted octanol–water partition coefficient (Wildman–Crippen LogP) is 2.38. The van der Waals surface area contributed by atoms with Crippen LogP contribution in [0.5, 0.6) is 0 Å². The van der Waals surface area contributed by atoms with E-state index in [9.17, 15) is 8.42 Å². The lowest BCUT2D eigenvalue weighted by Crippen LogP contribution is -2.02. The highest BCUT2D eigenvalue weighted by atomic mass is 32.2. The molecule has 0 fully saturated rings. The molecule has 17 heavy (non-hydrogen) atoms. The zero-order valence-corrected chi connectivity index (χ0v) is 10.9. The Morgan fingerprint density at radius 3 is 2.41 bits per heavy atom. The molecule has 1 N–H and O–H groups in total. The minimum Gasteiger partial charge on any atom is -0.391 e. The molecule has 0 radical (unpaired) electrons. The third-order valence-corrected chi connectivity index (χ3v) is 5.70. The number of hydrogen-bond donors (Lipinski definition) is 1. The fourth-order valence-corrected chi connectivity index (χ4v) is 4.38. The summed E-state index contributed by atoms with van der Waals surface area (Å²) in [4.78, 5) is 1.27. The quantitative estimate of drug-likeness (QED) is 0.930. The number of thiophene rings is 1. The molecule has 1 heterocycles. The van der Waals surface area contributed by atoms with Gasteiger partial charge in [0.1, 0.15) is 0 Å². The van der Waals surface area contributed by atoms with Crippen molar-refractivity contribution in [1.82, 2.24) is 0 Å². The lowest BCUT2D eigenvalue weighted by molar-refractivity contribution is 0.284. The summed E-state index contributed by atoms with van der Waals surface area (Å²) in [7, 11) is -3.46. The average molecular weight is 268 g/mol. The molecule has 5 heteroatoms. The van der Waals surface area contributed by atoms with Crippen LogP contribution in [0, 0.1) is 6.92 Å². The fourth-order valence-electron chi connectivity index (χ4n) is 1.59. The van der Waals surface area contributed by atoms with Gasteiger partial charge in [0, 0.05) is 10.3 Å². The second-order valence-corrected chi connectivity index (χ2v) is 6.51. The Labute approximate surface area is 104 Å². The molecule has 0 unspecified atom stereocenters. The molecule has 0 aliphatic rings. The van der Waals surface area contributed by atoms with Crippen LogP contribution in [-0.2, 0) is 16.4 Å². The predicted molar refractivity (Wildman–Crippen MR) is 66.9 cm³/mol. The first-order valence-electron chi connectivity index (χ1n) is 5.05. The minimum absolute atomic E-state index is 0.124. The Hall–Kier alpha value is -1.17. The zero-order valence-electron chi connectivity index (χ0n) is 9.25. The number of sulfone groups is 1. The molecule has 1 aromatic heterocycles. The summed E-state index contributed by atoms with van der Waals surface area (Å²) in [6.07, 6.45) is 0. The molecule has 0 saturated heterocycles. The zero-order chi connectivity index (χ0) is 12.5. The monoisotopic (exact) mass is 268 g/mol. The van der Waals surface area contributed by atoms with Crippen molar-refractivity contribution >= 4 is 21.2 Å². The van der Waals surface area contributed by atoms with Gasteiger partial charge in [-0.25, -0.2) is 8.42 Å². The standard InChI is InChI=1S/C12H12O3S2/c1-9-11(7-13)16-8-12(9)17(14,15)10-5-3-2-4-6-10/h2-6,8,13H,7H2,1H3. The minimum atomic E-state index is -3.46. The van der Waals surface area contributed by atoms with Crippen LogP contribution >= 0.6 is 11.3 Å². The van der Waals surface area contributed by atoms with E-state index < -0.39 is 9.84 Å². The lowest BCUT2D eigenvalue weighted by Gasteiger charge is -2.03. The van der Waals surface area contributed by atoms with Crippen molar-refractivity contribution in [3.63, 3.8) is 0 Å². The van der Waals surface area contributed by atoms with E-state index in [2.05, 4.69) is 0 Å².